The molecule has 0 bridgehead atoms. The van der Waals surface area contributed by atoms with Gasteiger partial charge in [0.15, 0.2) is 5.82 Å². The van der Waals surface area contributed by atoms with Gasteiger partial charge in [0.1, 0.15) is 11.3 Å². The van der Waals surface area contributed by atoms with Gasteiger partial charge in [0.05, 0.1) is 11.7 Å². The molecule has 6 heteroatoms. The molecule has 0 N–H and O–H groups in total. The molecule has 3 aromatic rings. The van der Waals surface area contributed by atoms with Crippen molar-refractivity contribution in [2.75, 3.05) is 0 Å². The predicted molar refractivity (Wildman–Crippen MR) is 64.9 cm³/mol. The Kier molecular flexibility index (Phi) is 2.63. The number of nitrogens with zero attached hydrogens (tertiary/aromatic N) is 3. The number of imidazole rings is 1. The first-order valence-corrected chi connectivity index (χ1v) is 5.55. The third-order valence-electron chi connectivity index (χ3n) is 2.72. The van der Waals surface area contributed by atoms with Gasteiger partial charge in [-0.1, -0.05) is 6.07 Å². The largest absolute Gasteiger partial charge is 0.406 e. The van der Waals surface area contributed by atoms with Crippen LogP contribution in [0.3, 0.4) is 0 Å². The fourth-order valence-electron chi connectivity index (χ4n) is 1.77. The Balaban J connectivity index is 2.03. The molecule has 0 saturated carbocycles. The molecule has 0 aliphatic rings. The SMILES string of the molecule is Cn1c(Oc2ccc(F)cn2)nc2c(F)cccc21. The third kappa shape index (κ3) is 2.01. The Hall–Kier alpha value is -2.50. The summed E-state index contributed by atoms with van der Waals surface area (Å²) in [6, 6.07) is 7.46. The van der Waals surface area contributed by atoms with Crippen molar-refractivity contribution in [2.45, 2.75) is 0 Å². The Morgan fingerprint density at radius 1 is 1.16 bits per heavy atom. The van der Waals surface area contributed by atoms with Crippen molar-refractivity contribution in [2.24, 2.45) is 7.05 Å². The molecule has 0 amide bonds. The predicted octanol–water partition coefficient (Wildman–Crippen LogP) is 3.04. The average Bonchev–Trinajstić information content (AvgIpc) is 2.72. The van der Waals surface area contributed by atoms with Gasteiger partial charge < -0.3 is 4.74 Å². The van der Waals surface area contributed by atoms with Crippen LogP contribution in [0.4, 0.5) is 8.78 Å². The van der Waals surface area contributed by atoms with Crippen molar-refractivity contribution in [1.82, 2.24) is 14.5 Å². The van der Waals surface area contributed by atoms with Crippen LogP contribution in [-0.4, -0.2) is 14.5 Å². The number of pyridine rings is 1. The summed E-state index contributed by atoms with van der Waals surface area (Å²) in [6.45, 7) is 0. The molecule has 0 aliphatic carbocycles. The van der Waals surface area contributed by atoms with Gasteiger partial charge in [-0.15, -0.1) is 0 Å². The summed E-state index contributed by atoms with van der Waals surface area (Å²) >= 11 is 0. The van der Waals surface area contributed by atoms with Crippen LogP contribution in [-0.2, 0) is 7.05 Å². The lowest BCUT2D eigenvalue weighted by molar-refractivity contribution is 0.410. The number of fused-ring (bicyclic) bond motifs is 1. The van der Waals surface area contributed by atoms with Crippen LogP contribution < -0.4 is 4.74 Å². The van der Waals surface area contributed by atoms with Gasteiger partial charge in [-0.3, -0.25) is 4.57 Å². The minimum atomic E-state index is -0.455. The van der Waals surface area contributed by atoms with Crippen LogP contribution in [0.25, 0.3) is 11.0 Å². The van der Waals surface area contributed by atoms with Crippen molar-refractivity contribution < 1.29 is 13.5 Å². The average molecular weight is 261 g/mol. The van der Waals surface area contributed by atoms with Gasteiger partial charge in [-0.25, -0.2) is 13.8 Å². The number of halogens is 2. The molecule has 19 heavy (non-hydrogen) atoms. The zero-order chi connectivity index (χ0) is 13.4. The van der Waals surface area contributed by atoms with E-state index in [1.54, 1.807) is 23.7 Å². The highest BCUT2D eigenvalue weighted by Crippen LogP contribution is 2.25. The highest BCUT2D eigenvalue weighted by atomic mass is 19.1. The number of para-hydroxylation sites is 1. The smallest absolute Gasteiger partial charge is 0.304 e. The number of aromatic nitrogens is 3. The van der Waals surface area contributed by atoms with Gasteiger partial charge in [0, 0.05) is 13.1 Å². The fourth-order valence-corrected chi connectivity index (χ4v) is 1.77. The summed E-state index contributed by atoms with van der Waals surface area (Å²) in [4.78, 5) is 7.82. The minimum Gasteiger partial charge on any atom is -0.406 e. The summed E-state index contributed by atoms with van der Waals surface area (Å²) in [5, 5.41) is 0. The zero-order valence-corrected chi connectivity index (χ0v) is 9.97. The first kappa shape index (κ1) is 11.6. The van der Waals surface area contributed by atoms with E-state index in [0.29, 0.717) is 5.52 Å². The maximum Gasteiger partial charge on any atom is 0.304 e. The summed E-state index contributed by atoms with van der Waals surface area (Å²) < 4.78 is 33.3. The third-order valence-corrected chi connectivity index (χ3v) is 2.72. The number of aryl methyl sites for hydroxylation is 1. The second-order valence-corrected chi connectivity index (χ2v) is 3.98. The maximum absolute atomic E-state index is 13.6. The summed E-state index contributed by atoms with van der Waals surface area (Å²) in [5.41, 5.74) is 0.833. The lowest BCUT2D eigenvalue weighted by Gasteiger charge is -2.03. The van der Waals surface area contributed by atoms with Crippen LogP contribution >= 0.6 is 0 Å². The summed E-state index contributed by atoms with van der Waals surface area (Å²) in [7, 11) is 1.70. The van der Waals surface area contributed by atoms with Gasteiger partial charge in [-0.2, -0.15) is 4.98 Å². The van der Waals surface area contributed by atoms with Gasteiger partial charge in [0.25, 0.3) is 0 Å². The van der Waals surface area contributed by atoms with E-state index in [1.165, 1.54) is 18.2 Å². The number of hydrogen-bond donors (Lipinski definition) is 0. The first-order chi connectivity index (χ1) is 9.15. The molecule has 0 radical (unpaired) electrons. The van der Waals surface area contributed by atoms with E-state index in [0.717, 1.165) is 6.20 Å². The Morgan fingerprint density at radius 3 is 2.68 bits per heavy atom. The molecule has 0 saturated heterocycles. The maximum atomic E-state index is 13.6. The molecule has 0 aliphatic heterocycles. The molecule has 0 atom stereocenters. The van der Waals surface area contributed by atoms with E-state index in [1.807, 2.05) is 0 Å². The van der Waals surface area contributed by atoms with Gasteiger partial charge in [-0.05, 0) is 18.2 Å². The Labute approximate surface area is 107 Å². The molecule has 0 unspecified atom stereocenters. The molecule has 0 fully saturated rings. The van der Waals surface area contributed by atoms with E-state index < -0.39 is 11.6 Å². The van der Waals surface area contributed by atoms with E-state index in [4.69, 9.17) is 4.74 Å². The van der Waals surface area contributed by atoms with Crippen molar-refractivity contribution in [3.05, 3.63) is 48.2 Å². The van der Waals surface area contributed by atoms with Crippen LogP contribution in [0.15, 0.2) is 36.5 Å². The number of rotatable bonds is 2. The standard InChI is InChI=1S/C13H9F2N3O/c1-18-10-4-2-3-9(15)12(10)17-13(18)19-11-6-5-8(14)7-16-11/h2-7H,1H3. The monoisotopic (exact) mass is 261 g/mol. The van der Waals surface area contributed by atoms with Crippen LogP contribution in [0, 0.1) is 11.6 Å². The highest BCUT2D eigenvalue weighted by Gasteiger charge is 2.13. The Morgan fingerprint density at radius 2 is 2.00 bits per heavy atom. The highest BCUT2D eigenvalue weighted by molar-refractivity contribution is 5.77. The van der Waals surface area contributed by atoms with E-state index >= 15 is 0 Å². The van der Waals surface area contributed by atoms with Crippen molar-refractivity contribution >= 4 is 11.0 Å². The zero-order valence-electron chi connectivity index (χ0n) is 9.97. The molecule has 1 aromatic carbocycles. The summed E-state index contributed by atoms with van der Waals surface area (Å²) in [5.74, 6) is -0.682. The normalized spacial score (nSPS) is 10.9. The molecular weight excluding hydrogens is 252 g/mol. The second-order valence-electron chi connectivity index (χ2n) is 3.98. The number of ether oxygens (including phenoxy) is 1. The van der Waals surface area contributed by atoms with Gasteiger partial charge >= 0.3 is 6.01 Å². The molecular formula is C13H9F2N3O. The molecule has 4 nitrogen and oxygen atoms in total. The van der Waals surface area contributed by atoms with Crippen molar-refractivity contribution in [1.29, 1.82) is 0 Å². The van der Waals surface area contributed by atoms with E-state index in [9.17, 15) is 8.78 Å². The van der Waals surface area contributed by atoms with Crippen LogP contribution in [0.5, 0.6) is 11.9 Å². The number of benzene rings is 1. The minimum absolute atomic E-state index is 0.194. The molecule has 2 aromatic heterocycles. The second kappa shape index (κ2) is 4.31. The fraction of sp³-hybridized carbons (Fsp3) is 0.0769. The van der Waals surface area contributed by atoms with E-state index in [-0.39, 0.29) is 17.4 Å². The summed E-state index contributed by atoms with van der Waals surface area (Å²) in [6.07, 6.45) is 1.04. The van der Waals surface area contributed by atoms with Crippen LogP contribution in [0.2, 0.25) is 0 Å². The molecule has 0 spiro atoms. The van der Waals surface area contributed by atoms with E-state index in [2.05, 4.69) is 9.97 Å². The Bertz CT molecular complexity index is 737. The first-order valence-electron chi connectivity index (χ1n) is 5.55. The van der Waals surface area contributed by atoms with Crippen molar-refractivity contribution in [3.63, 3.8) is 0 Å². The lowest BCUT2D eigenvalue weighted by Crippen LogP contribution is -1.95. The topological polar surface area (TPSA) is 39.9 Å². The quantitative estimate of drug-likeness (QED) is 0.711. The van der Waals surface area contributed by atoms with Crippen molar-refractivity contribution in [3.8, 4) is 11.9 Å². The molecule has 2 heterocycles. The molecule has 3 rings (SSSR count). The lowest BCUT2D eigenvalue weighted by atomic mass is 10.3. The number of hydrogen-bond acceptors (Lipinski definition) is 3. The molecule has 96 valence electrons. The van der Waals surface area contributed by atoms with Crippen LogP contribution in [0.1, 0.15) is 0 Å². The van der Waals surface area contributed by atoms with Gasteiger partial charge in [0.2, 0.25) is 5.88 Å².